The first kappa shape index (κ1) is 29.6. The third kappa shape index (κ3) is 20.9. The number of carbonyl (C=O) groups excluding carboxylic acids is 1. The van der Waals surface area contributed by atoms with Crippen LogP contribution in [-0.4, -0.2) is 17.0 Å². The fourth-order valence-electron chi connectivity index (χ4n) is 4.43. The summed E-state index contributed by atoms with van der Waals surface area (Å²) in [5.41, 5.74) is -1.06. The molecule has 0 bridgehead atoms. The van der Waals surface area contributed by atoms with E-state index in [4.69, 9.17) is 0 Å². The highest BCUT2D eigenvalue weighted by Crippen LogP contribution is 2.22. The molecule has 2 heteroatoms. The van der Waals surface area contributed by atoms with Crippen LogP contribution in [0.4, 0.5) is 0 Å². The smallest absolute Gasteiger partial charge is 0.151 e. The highest BCUT2D eigenvalue weighted by Gasteiger charge is 2.24. The Bertz CT molecular complexity index is 314. The summed E-state index contributed by atoms with van der Waals surface area (Å²) < 4.78 is 0. The Labute approximate surface area is 190 Å². The summed E-state index contributed by atoms with van der Waals surface area (Å²) in [6.07, 6.45) is 30.8. The van der Waals surface area contributed by atoms with Gasteiger partial charge < -0.3 is 9.90 Å². The van der Waals surface area contributed by atoms with Crippen LogP contribution in [0.1, 0.15) is 168 Å². The largest absolute Gasteiger partial charge is 0.382 e. The molecule has 0 aliphatic heterocycles. The van der Waals surface area contributed by atoms with Crippen LogP contribution in [0.15, 0.2) is 0 Å². The molecule has 0 saturated carbocycles. The summed E-state index contributed by atoms with van der Waals surface area (Å²) in [5.74, 6) is 0. The predicted molar refractivity (Wildman–Crippen MR) is 133 cm³/mol. The molecule has 0 saturated heterocycles. The maximum atomic E-state index is 11.4. The molecule has 1 N–H and O–H groups in total. The second-order valence-corrected chi connectivity index (χ2v) is 9.79. The molecule has 0 rings (SSSR count). The van der Waals surface area contributed by atoms with Crippen LogP contribution < -0.4 is 0 Å². The Morgan fingerprint density at radius 1 is 0.467 bits per heavy atom. The summed E-state index contributed by atoms with van der Waals surface area (Å²) in [6, 6.07) is 0. The zero-order chi connectivity index (χ0) is 22.2. The lowest BCUT2D eigenvalue weighted by Gasteiger charge is -2.21. The molecular weight excluding hydrogens is 368 g/mol. The summed E-state index contributed by atoms with van der Waals surface area (Å²) in [4.78, 5) is 11.4. The van der Waals surface area contributed by atoms with Crippen LogP contribution in [0.2, 0.25) is 0 Å². The van der Waals surface area contributed by atoms with E-state index in [1.54, 1.807) is 0 Å². The van der Waals surface area contributed by atoms with Crippen molar-refractivity contribution in [3.05, 3.63) is 0 Å². The Kier molecular flexibility index (Phi) is 23.0. The van der Waals surface area contributed by atoms with E-state index >= 15 is 0 Å². The van der Waals surface area contributed by atoms with Gasteiger partial charge in [0.05, 0.1) is 0 Å². The lowest BCUT2D eigenvalue weighted by Crippen LogP contribution is -2.30. The third-order valence-corrected chi connectivity index (χ3v) is 6.65. The van der Waals surface area contributed by atoms with Crippen molar-refractivity contribution in [2.75, 3.05) is 0 Å². The van der Waals surface area contributed by atoms with Crippen LogP contribution >= 0.6 is 0 Å². The molecule has 0 aromatic heterocycles. The van der Waals surface area contributed by atoms with Crippen molar-refractivity contribution in [1.82, 2.24) is 0 Å². The molecule has 0 fully saturated rings. The lowest BCUT2D eigenvalue weighted by atomic mass is 9.91. The first-order valence-corrected chi connectivity index (χ1v) is 13.9. The Morgan fingerprint density at radius 2 is 0.700 bits per heavy atom. The van der Waals surface area contributed by atoms with Crippen LogP contribution in [0.25, 0.3) is 0 Å². The number of unbranched alkanes of at least 4 members (excludes halogenated alkanes) is 20. The van der Waals surface area contributed by atoms with Crippen molar-refractivity contribution in [2.24, 2.45) is 0 Å². The maximum absolute atomic E-state index is 11.4. The second-order valence-electron chi connectivity index (χ2n) is 9.79. The molecular formula is C28H56O2. The van der Waals surface area contributed by atoms with Gasteiger partial charge in [-0.05, 0) is 12.8 Å². The number of rotatable bonds is 25. The average Bonchev–Trinajstić information content (AvgIpc) is 2.76. The fraction of sp³-hybridized carbons (Fsp3) is 0.964. The topological polar surface area (TPSA) is 37.3 Å². The van der Waals surface area contributed by atoms with E-state index in [0.717, 1.165) is 32.0 Å². The Hall–Kier alpha value is -0.370. The first-order chi connectivity index (χ1) is 14.7. The number of carbonyl (C=O) groups is 1. The minimum absolute atomic E-state index is 0.658. The maximum Gasteiger partial charge on any atom is 0.151 e. The van der Waals surface area contributed by atoms with Crippen molar-refractivity contribution in [2.45, 2.75) is 174 Å². The Balaban J connectivity index is 3.46. The first-order valence-electron chi connectivity index (χ1n) is 13.9. The lowest BCUT2D eigenvalue weighted by molar-refractivity contribution is -0.125. The van der Waals surface area contributed by atoms with Crippen molar-refractivity contribution in [3.8, 4) is 0 Å². The fourth-order valence-corrected chi connectivity index (χ4v) is 4.43. The molecule has 0 aliphatic carbocycles. The van der Waals surface area contributed by atoms with Crippen molar-refractivity contribution in [3.63, 3.8) is 0 Å². The Morgan fingerprint density at radius 3 is 0.933 bits per heavy atom. The number of aliphatic hydroxyl groups is 1. The van der Waals surface area contributed by atoms with Gasteiger partial charge >= 0.3 is 0 Å². The minimum atomic E-state index is -1.06. The minimum Gasteiger partial charge on any atom is -0.382 e. The molecule has 0 amide bonds. The monoisotopic (exact) mass is 424 g/mol. The van der Waals surface area contributed by atoms with E-state index in [0.29, 0.717) is 12.8 Å². The molecule has 0 aliphatic rings. The van der Waals surface area contributed by atoms with Gasteiger partial charge in [0.25, 0.3) is 0 Å². The quantitative estimate of drug-likeness (QED) is 0.117. The molecule has 30 heavy (non-hydrogen) atoms. The van der Waals surface area contributed by atoms with Crippen LogP contribution in [-0.2, 0) is 4.79 Å². The predicted octanol–water partition coefficient (Wildman–Crippen LogP) is 9.32. The number of hydrogen-bond donors (Lipinski definition) is 1. The van der Waals surface area contributed by atoms with Crippen LogP contribution in [0.5, 0.6) is 0 Å². The van der Waals surface area contributed by atoms with Crippen molar-refractivity contribution < 1.29 is 9.90 Å². The molecule has 180 valence electrons. The van der Waals surface area contributed by atoms with Gasteiger partial charge in [0.15, 0.2) is 6.29 Å². The van der Waals surface area contributed by atoms with Gasteiger partial charge in [-0.2, -0.15) is 0 Å². The van der Waals surface area contributed by atoms with Crippen LogP contribution in [0, 0.1) is 0 Å². The van der Waals surface area contributed by atoms with E-state index in [1.807, 2.05) is 0 Å². The number of aldehydes is 1. The van der Waals surface area contributed by atoms with E-state index in [9.17, 15) is 9.90 Å². The summed E-state index contributed by atoms with van der Waals surface area (Å²) in [6.45, 7) is 4.54. The van der Waals surface area contributed by atoms with Gasteiger partial charge in [-0.1, -0.05) is 155 Å². The molecule has 0 radical (unpaired) electrons. The summed E-state index contributed by atoms with van der Waals surface area (Å²) in [5, 5.41) is 10.5. The highest BCUT2D eigenvalue weighted by atomic mass is 16.3. The zero-order valence-electron chi connectivity index (χ0n) is 20.9. The molecule has 0 aromatic carbocycles. The molecule has 0 aromatic rings. The highest BCUT2D eigenvalue weighted by molar-refractivity contribution is 5.61. The van der Waals surface area contributed by atoms with E-state index in [-0.39, 0.29) is 0 Å². The normalized spacial score (nSPS) is 11.8. The van der Waals surface area contributed by atoms with Gasteiger partial charge in [0.1, 0.15) is 5.60 Å². The van der Waals surface area contributed by atoms with Gasteiger partial charge in [-0.25, -0.2) is 0 Å². The van der Waals surface area contributed by atoms with E-state index in [1.165, 1.54) is 116 Å². The van der Waals surface area contributed by atoms with Gasteiger partial charge in [-0.15, -0.1) is 0 Å². The van der Waals surface area contributed by atoms with E-state index in [2.05, 4.69) is 13.8 Å². The van der Waals surface area contributed by atoms with Crippen molar-refractivity contribution >= 4 is 6.29 Å². The van der Waals surface area contributed by atoms with Gasteiger partial charge in [0, 0.05) is 0 Å². The third-order valence-electron chi connectivity index (χ3n) is 6.65. The van der Waals surface area contributed by atoms with E-state index < -0.39 is 5.60 Å². The summed E-state index contributed by atoms with van der Waals surface area (Å²) in [7, 11) is 0. The van der Waals surface area contributed by atoms with Gasteiger partial charge in [-0.3, -0.25) is 0 Å². The molecule has 0 spiro atoms. The molecule has 0 atom stereocenters. The molecule has 0 heterocycles. The number of hydrogen-bond acceptors (Lipinski definition) is 2. The van der Waals surface area contributed by atoms with Gasteiger partial charge in [0.2, 0.25) is 0 Å². The summed E-state index contributed by atoms with van der Waals surface area (Å²) >= 11 is 0. The van der Waals surface area contributed by atoms with Crippen LogP contribution in [0.3, 0.4) is 0 Å². The van der Waals surface area contributed by atoms with Crippen molar-refractivity contribution in [1.29, 1.82) is 0 Å². The average molecular weight is 425 g/mol. The molecule has 0 unspecified atom stereocenters. The SMILES string of the molecule is CCCCCCCCCCCCCC(O)(C=O)CCCCCCCCCCCCC. The zero-order valence-corrected chi connectivity index (χ0v) is 20.9. The standard InChI is InChI=1S/C28H56O2/c1-3-5-7-9-11-13-15-17-19-21-23-25-28(30,27-29)26-24-22-20-18-16-14-12-10-8-6-4-2/h27,30H,3-26H2,1-2H3. The molecule has 2 nitrogen and oxygen atoms in total. The second kappa shape index (κ2) is 23.3.